The van der Waals surface area contributed by atoms with Crippen LogP contribution in [0.15, 0.2) is 36.5 Å². The number of ether oxygens (including phenoxy) is 1. The number of halogens is 1. The number of amides is 1. The molecule has 3 N–H and O–H groups in total. The Balaban J connectivity index is 1.61. The van der Waals surface area contributed by atoms with Crippen molar-refractivity contribution in [3.63, 3.8) is 0 Å². The van der Waals surface area contributed by atoms with E-state index in [4.69, 9.17) is 33.7 Å². The highest BCUT2D eigenvalue weighted by Gasteiger charge is 2.24. The topological polar surface area (TPSA) is 99.6 Å². The molecular weight excluding hydrogens is 402 g/mol. The van der Waals surface area contributed by atoms with Crippen molar-refractivity contribution in [3.8, 4) is 5.88 Å². The van der Waals surface area contributed by atoms with Gasteiger partial charge in [-0.05, 0) is 30.6 Å². The van der Waals surface area contributed by atoms with Crippen molar-refractivity contribution in [2.75, 3.05) is 18.4 Å². The zero-order chi connectivity index (χ0) is 19.9. The molecule has 1 aliphatic heterocycles. The van der Waals surface area contributed by atoms with Crippen molar-refractivity contribution in [2.24, 2.45) is 0 Å². The van der Waals surface area contributed by atoms with Crippen LogP contribution in [0.5, 0.6) is 5.88 Å². The van der Waals surface area contributed by atoms with Gasteiger partial charge in [0.05, 0.1) is 6.20 Å². The lowest BCUT2D eigenvalue weighted by molar-refractivity contribution is 0.129. The third-order valence-corrected chi connectivity index (χ3v) is 4.59. The molecule has 1 fully saturated rings. The highest BCUT2D eigenvalue weighted by atomic mass is 35.5. The first-order valence-corrected chi connectivity index (χ1v) is 9.54. The quantitative estimate of drug-likeness (QED) is 0.633. The lowest BCUT2D eigenvalue weighted by atomic mass is 10.1. The van der Waals surface area contributed by atoms with Crippen molar-refractivity contribution in [1.82, 2.24) is 20.2 Å². The van der Waals surface area contributed by atoms with Gasteiger partial charge in [0.25, 0.3) is 5.88 Å². The molecule has 0 unspecified atom stereocenters. The van der Waals surface area contributed by atoms with Crippen LogP contribution in [0.3, 0.4) is 0 Å². The largest absolute Gasteiger partial charge is 0.470 e. The Morgan fingerprint density at radius 2 is 2.18 bits per heavy atom. The molecule has 1 aromatic carbocycles. The van der Waals surface area contributed by atoms with E-state index >= 15 is 0 Å². The molecule has 1 aliphatic rings. The van der Waals surface area contributed by atoms with E-state index in [9.17, 15) is 4.79 Å². The fraction of sp³-hybridized carbons (Fsp3) is 0.333. The van der Waals surface area contributed by atoms with E-state index in [1.54, 1.807) is 0 Å². The second kappa shape index (κ2) is 9.52. The number of nitrogens with zero attached hydrogens (tertiary/aromatic N) is 3. The Bertz CT molecular complexity index is 839. The number of piperidine rings is 1. The smallest absolute Gasteiger partial charge is 0.407 e. The summed E-state index contributed by atoms with van der Waals surface area (Å²) in [6, 6.07) is 9.59. The maximum atomic E-state index is 11.1. The van der Waals surface area contributed by atoms with Gasteiger partial charge in [-0.1, -0.05) is 41.9 Å². The predicted octanol–water partition coefficient (Wildman–Crippen LogP) is 3.14. The number of hydrogen-bond acceptors (Lipinski definition) is 5. The van der Waals surface area contributed by atoms with Crippen LogP contribution < -0.4 is 15.4 Å². The maximum Gasteiger partial charge on any atom is 0.407 e. The monoisotopic (exact) mass is 421 g/mol. The predicted molar refractivity (Wildman–Crippen MR) is 110 cm³/mol. The van der Waals surface area contributed by atoms with Crippen LogP contribution in [0.25, 0.3) is 0 Å². The minimum Gasteiger partial charge on any atom is -0.470 e. The summed E-state index contributed by atoms with van der Waals surface area (Å²) >= 11 is 11.3. The first kappa shape index (κ1) is 20.1. The van der Waals surface area contributed by atoms with Crippen LogP contribution in [0.2, 0.25) is 5.15 Å². The highest BCUT2D eigenvalue weighted by Crippen LogP contribution is 2.22. The molecule has 0 spiro atoms. The summed E-state index contributed by atoms with van der Waals surface area (Å²) in [5, 5.41) is 15.7. The summed E-state index contributed by atoms with van der Waals surface area (Å²) in [5.41, 5.74) is 0.988. The molecule has 10 heteroatoms. The Morgan fingerprint density at radius 1 is 1.39 bits per heavy atom. The van der Waals surface area contributed by atoms with Crippen molar-refractivity contribution in [3.05, 3.63) is 47.2 Å². The lowest BCUT2D eigenvalue weighted by Gasteiger charge is -2.31. The third kappa shape index (κ3) is 5.67. The summed E-state index contributed by atoms with van der Waals surface area (Å²) < 4.78 is 5.75. The van der Waals surface area contributed by atoms with Crippen LogP contribution in [0, 0.1) is 0 Å². The van der Waals surface area contributed by atoms with E-state index in [0.717, 1.165) is 18.4 Å². The van der Waals surface area contributed by atoms with Gasteiger partial charge in [0.1, 0.15) is 11.8 Å². The summed E-state index contributed by atoms with van der Waals surface area (Å²) in [5.74, 6) is 0.569. The molecule has 1 aromatic heterocycles. The summed E-state index contributed by atoms with van der Waals surface area (Å²) in [6.07, 6.45) is 2.07. The minimum absolute atomic E-state index is 0.0781. The molecule has 1 amide bonds. The van der Waals surface area contributed by atoms with E-state index in [1.807, 2.05) is 30.3 Å². The summed E-state index contributed by atoms with van der Waals surface area (Å²) in [4.78, 5) is 20.9. The van der Waals surface area contributed by atoms with Gasteiger partial charge in [-0.2, -0.15) is 0 Å². The number of anilines is 1. The van der Waals surface area contributed by atoms with Gasteiger partial charge in [-0.15, -0.1) is 0 Å². The average molecular weight is 422 g/mol. The maximum absolute atomic E-state index is 11.1. The zero-order valence-corrected chi connectivity index (χ0v) is 16.5. The molecule has 2 heterocycles. The van der Waals surface area contributed by atoms with Gasteiger partial charge >= 0.3 is 6.09 Å². The molecule has 8 nitrogen and oxygen atoms in total. The number of hydrogen-bond donors (Lipinski definition) is 3. The number of aromatic nitrogens is 2. The van der Waals surface area contributed by atoms with Crippen LogP contribution in [-0.4, -0.2) is 50.3 Å². The van der Waals surface area contributed by atoms with Crippen LogP contribution in [0.1, 0.15) is 18.4 Å². The fourth-order valence-corrected chi connectivity index (χ4v) is 3.26. The van der Waals surface area contributed by atoms with Crippen molar-refractivity contribution < 1.29 is 14.6 Å². The highest BCUT2D eigenvalue weighted by molar-refractivity contribution is 7.80. The van der Waals surface area contributed by atoms with Gasteiger partial charge in [-0.25, -0.2) is 14.8 Å². The Morgan fingerprint density at radius 3 is 2.93 bits per heavy atom. The van der Waals surface area contributed by atoms with Crippen LogP contribution in [0.4, 0.5) is 10.6 Å². The molecule has 0 bridgehead atoms. The second-order valence-corrected chi connectivity index (χ2v) is 7.08. The number of thiocarbonyl (C=S) groups is 1. The van der Waals surface area contributed by atoms with Gasteiger partial charge in [0.2, 0.25) is 0 Å². The van der Waals surface area contributed by atoms with Crippen molar-refractivity contribution in [2.45, 2.75) is 25.5 Å². The first-order valence-electron chi connectivity index (χ1n) is 8.76. The van der Waals surface area contributed by atoms with E-state index in [2.05, 4.69) is 20.6 Å². The minimum atomic E-state index is -0.928. The third-order valence-electron chi connectivity index (χ3n) is 4.19. The number of carboxylic acid groups (broad SMARTS) is 1. The molecule has 3 rings (SSSR count). The molecular formula is C18H20ClN5O3S. The van der Waals surface area contributed by atoms with Gasteiger partial charge < -0.3 is 25.4 Å². The molecule has 148 valence electrons. The van der Waals surface area contributed by atoms with Gasteiger partial charge in [-0.3, -0.25) is 0 Å². The second-order valence-electron chi connectivity index (χ2n) is 6.29. The van der Waals surface area contributed by atoms with E-state index in [1.165, 1.54) is 11.1 Å². The number of nitrogens with one attached hydrogen (secondary N) is 2. The number of likely N-dealkylation sites (tertiary alicyclic amines) is 1. The van der Waals surface area contributed by atoms with Crippen molar-refractivity contribution in [1.29, 1.82) is 0 Å². The Hall–Kier alpha value is -2.65. The van der Waals surface area contributed by atoms with E-state index in [0.29, 0.717) is 30.6 Å². The number of benzene rings is 1. The number of rotatable bonds is 5. The zero-order valence-electron chi connectivity index (χ0n) is 15.0. The molecule has 1 saturated heterocycles. The Labute approximate surface area is 172 Å². The van der Waals surface area contributed by atoms with Crippen molar-refractivity contribution >= 4 is 40.8 Å². The molecule has 0 aliphatic carbocycles. The summed E-state index contributed by atoms with van der Waals surface area (Å²) in [6.45, 7) is 1.23. The number of carbonyl (C=O) groups is 1. The molecule has 1 atom stereocenters. The SMILES string of the molecule is O=C(O)N1CCC[C@@H](NC(=S)Nc2nc(Cl)cnc2OCc2ccccc2)C1. The molecule has 0 saturated carbocycles. The normalized spacial score (nSPS) is 16.3. The standard InChI is InChI=1S/C18H20ClN5O3S/c19-14-9-20-16(27-11-12-5-2-1-3-6-12)15(22-14)23-17(28)21-13-7-4-8-24(10-13)18(25)26/h1-3,5-6,9,13H,4,7-8,10-11H2,(H,25,26)(H2,21,22,23,28)/t13-/m1/s1. The van der Waals surface area contributed by atoms with Crippen LogP contribution in [-0.2, 0) is 6.61 Å². The molecule has 28 heavy (non-hydrogen) atoms. The first-order chi connectivity index (χ1) is 13.5. The average Bonchev–Trinajstić information content (AvgIpc) is 2.68. The Kier molecular flexibility index (Phi) is 6.83. The fourth-order valence-electron chi connectivity index (χ4n) is 2.87. The van der Waals surface area contributed by atoms with E-state index in [-0.39, 0.29) is 17.1 Å². The van der Waals surface area contributed by atoms with Gasteiger partial charge in [0.15, 0.2) is 10.9 Å². The lowest BCUT2D eigenvalue weighted by Crippen LogP contribution is -2.50. The molecule has 0 radical (unpaired) electrons. The summed E-state index contributed by atoms with van der Waals surface area (Å²) in [7, 11) is 0. The van der Waals surface area contributed by atoms with E-state index < -0.39 is 6.09 Å². The molecule has 2 aromatic rings. The van der Waals surface area contributed by atoms with Gasteiger partial charge in [0, 0.05) is 19.1 Å². The van der Waals surface area contributed by atoms with Crippen LogP contribution >= 0.6 is 23.8 Å².